The first-order valence-electron chi connectivity index (χ1n) is 7.62. The molecule has 20 heavy (non-hydrogen) atoms. The average molecular weight is 305 g/mol. The number of unbranched alkanes of at least 4 members (excludes halogenated alkanes) is 1. The van der Waals surface area contributed by atoms with Crippen molar-refractivity contribution in [2.75, 3.05) is 59.5 Å². The van der Waals surface area contributed by atoms with Gasteiger partial charge in [-0.2, -0.15) is 17.0 Å². The molecule has 7 heteroatoms. The Morgan fingerprint density at radius 2 is 1.70 bits per heavy atom. The Bertz CT molecular complexity index is 376. The molecule has 0 aromatic heterocycles. The van der Waals surface area contributed by atoms with Gasteiger partial charge in [-0.05, 0) is 32.2 Å². The molecular formula is C13H27N3O3S. The summed E-state index contributed by atoms with van der Waals surface area (Å²) >= 11 is 0. The molecule has 2 fully saturated rings. The summed E-state index contributed by atoms with van der Waals surface area (Å²) < 4.78 is 32.9. The smallest absolute Gasteiger partial charge is 0.281 e. The van der Waals surface area contributed by atoms with E-state index in [1.165, 1.54) is 4.31 Å². The van der Waals surface area contributed by atoms with Crippen molar-refractivity contribution < 1.29 is 13.2 Å². The van der Waals surface area contributed by atoms with Crippen molar-refractivity contribution in [3.8, 4) is 0 Å². The van der Waals surface area contributed by atoms with Crippen LogP contribution in [0.3, 0.4) is 0 Å². The maximum absolute atomic E-state index is 12.3. The standard InChI is InChI=1S/C13H27N3O3S/c1-14(20(17,18)16-8-4-5-9-16)6-2-3-7-15-10-12-19-13-11-15/h2-13H2,1H3. The summed E-state index contributed by atoms with van der Waals surface area (Å²) in [5.41, 5.74) is 0. The van der Waals surface area contributed by atoms with E-state index in [0.717, 1.165) is 58.5 Å². The molecule has 6 nitrogen and oxygen atoms in total. The SMILES string of the molecule is CN(CCCCN1CCOCC1)S(=O)(=O)N1CCCC1. The summed E-state index contributed by atoms with van der Waals surface area (Å²) in [4.78, 5) is 2.39. The van der Waals surface area contributed by atoms with Crippen LogP contribution < -0.4 is 0 Å². The molecule has 0 aliphatic carbocycles. The van der Waals surface area contributed by atoms with E-state index in [4.69, 9.17) is 4.74 Å². The van der Waals surface area contributed by atoms with Gasteiger partial charge in [-0.3, -0.25) is 4.90 Å². The Hall–Kier alpha value is -0.210. The number of nitrogens with zero attached hydrogens (tertiary/aromatic N) is 3. The molecular weight excluding hydrogens is 278 g/mol. The first-order valence-corrected chi connectivity index (χ1v) is 9.02. The molecule has 0 bridgehead atoms. The second-order valence-corrected chi connectivity index (χ2v) is 7.63. The van der Waals surface area contributed by atoms with E-state index in [2.05, 4.69) is 4.90 Å². The molecule has 0 radical (unpaired) electrons. The largest absolute Gasteiger partial charge is 0.379 e. The fraction of sp³-hybridized carbons (Fsp3) is 1.00. The quantitative estimate of drug-likeness (QED) is 0.638. The topological polar surface area (TPSA) is 53.1 Å². The molecule has 0 atom stereocenters. The minimum Gasteiger partial charge on any atom is -0.379 e. The first-order chi connectivity index (χ1) is 9.60. The molecule has 2 aliphatic heterocycles. The zero-order chi connectivity index (χ0) is 14.4. The normalized spacial score (nSPS) is 22.7. The van der Waals surface area contributed by atoms with Crippen molar-refractivity contribution in [3.63, 3.8) is 0 Å². The lowest BCUT2D eigenvalue weighted by Crippen LogP contribution is -2.41. The van der Waals surface area contributed by atoms with Gasteiger partial charge < -0.3 is 4.74 Å². The molecule has 2 rings (SSSR count). The number of hydrogen-bond donors (Lipinski definition) is 0. The van der Waals surface area contributed by atoms with Crippen LogP contribution in [0.5, 0.6) is 0 Å². The van der Waals surface area contributed by atoms with Gasteiger partial charge in [0.25, 0.3) is 10.2 Å². The lowest BCUT2D eigenvalue weighted by atomic mass is 10.3. The van der Waals surface area contributed by atoms with E-state index in [9.17, 15) is 8.42 Å². The van der Waals surface area contributed by atoms with Crippen molar-refractivity contribution in [2.24, 2.45) is 0 Å². The average Bonchev–Trinajstić information content (AvgIpc) is 2.99. The van der Waals surface area contributed by atoms with E-state index >= 15 is 0 Å². The van der Waals surface area contributed by atoms with Gasteiger partial charge in [-0.1, -0.05) is 0 Å². The van der Waals surface area contributed by atoms with Crippen LogP contribution in [-0.4, -0.2) is 81.5 Å². The van der Waals surface area contributed by atoms with Gasteiger partial charge in [-0.25, -0.2) is 0 Å². The van der Waals surface area contributed by atoms with Crippen LogP contribution in [0.15, 0.2) is 0 Å². The molecule has 0 amide bonds. The third kappa shape index (κ3) is 4.39. The van der Waals surface area contributed by atoms with Crippen molar-refractivity contribution >= 4 is 10.2 Å². The fourth-order valence-corrected chi connectivity index (χ4v) is 4.20. The van der Waals surface area contributed by atoms with Gasteiger partial charge in [0.05, 0.1) is 13.2 Å². The van der Waals surface area contributed by atoms with Gasteiger partial charge in [0.1, 0.15) is 0 Å². The summed E-state index contributed by atoms with van der Waals surface area (Å²) in [5.74, 6) is 0. The highest BCUT2D eigenvalue weighted by atomic mass is 32.2. The second-order valence-electron chi connectivity index (χ2n) is 5.60. The van der Waals surface area contributed by atoms with Crippen LogP contribution in [0.1, 0.15) is 25.7 Å². The highest BCUT2D eigenvalue weighted by Gasteiger charge is 2.28. The fourth-order valence-electron chi connectivity index (χ4n) is 2.73. The lowest BCUT2D eigenvalue weighted by molar-refractivity contribution is 0.0371. The Morgan fingerprint density at radius 3 is 2.35 bits per heavy atom. The predicted molar refractivity (Wildman–Crippen MR) is 78.8 cm³/mol. The van der Waals surface area contributed by atoms with Crippen molar-refractivity contribution in [1.82, 2.24) is 13.5 Å². The molecule has 0 aromatic rings. The summed E-state index contributed by atoms with van der Waals surface area (Å²) in [6.45, 7) is 6.67. The summed E-state index contributed by atoms with van der Waals surface area (Å²) in [6.07, 6.45) is 3.94. The van der Waals surface area contributed by atoms with Crippen LogP contribution in [0.2, 0.25) is 0 Å². The van der Waals surface area contributed by atoms with Crippen LogP contribution in [0.25, 0.3) is 0 Å². The van der Waals surface area contributed by atoms with Gasteiger partial charge in [-0.15, -0.1) is 0 Å². The molecule has 118 valence electrons. The van der Waals surface area contributed by atoms with Gasteiger partial charge in [0.15, 0.2) is 0 Å². The monoisotopic (exact) mass is 305 g/mol. The van der Waals surface area contributed by atoms with E-state index in [1.807, 2.05) is 0 Å². The number of morpholine rings is 1. The number of rotatable bonds is 7. The van der Waals surface area contributed by atoms with Crippen LogP contribution in [0.4, 0.5) is 0 Å². The van der Waals surface area contributed by atoms with E-state index in [-0.39, 0.29) is 0 Å². The molecule has 0 unspecified atom stereocenters. The van der Waals surface area contributed by atoms with Crippen molar-refractivity contribution in [2.45, 2.75) is 25.7 Å². The third-order valence-corrected chi connectivity index (χ3v) is 6.07. The van der Waals surface area contributed by atoms with Crippen molar-refractivity contribution in [1.29, 1.82) is 0 Å². The molecule has 0 N–H and O–H groups in total. The maximum Gasteiger partial charge on any atom is 0.281 e. The Labute approximate surface area is 122 Å². The minimum absolute atomic E-state index is 0.614. The predicted octanol–water partition coefficient (Wildman–Crippen LogP) is 0.371. The summed E-state index contributed by atoms with van der Waals surface area (Å²) in [5, 5.41) is 0. The summed E-state index contributed by atoms with van der Waals surface area (Å²) in [6, 6.07) is 0. The molecule has 0 spiro atoms. The van der Waals surface area contributed by atoms with Gasteiger partial charge in [0, 0.05) is 39.8 Å². The van der Waals surface area contributed by atoms with Crippen LogP contribution in [0, 0.1) is 0 Å². The number of ether oxygens (including phenoxy) is 1. The summed E-state index contributed by atoms with van der Waals surface area (Å²) in [7, 11) is -1.51. The first kappa shape index (κ1) is 16.2. The zero-order valence-corrected chi connectivity index (χ0v) is 13.3. The van der Waals surface area contributed by atoms with Crippen LogP contribution in [-0.2, 0) is 14.9 Å². The maximum atomic E-state index is 12.3. The van der Waals surface area contributed by atoms with Gasteiger partial charge >= 0.3 is 0 Å². The molecule has 2 saturated heterocycles. The molecule has 0 saturated carbocycles. The van der Waals surface area contributed by atoms with E-state index in [1.54, 1.807) is 11.4 Å². The Kier molecular flexibility index (Phi) is 6.22. The van der Waals surface area contributed by atoms with Crippen LogP contribution >= 0.6 is 0 Å². The minimum atomic E-state index is -3.21. The van der Waals surface area contributed by atoms with E-state index in [0.29, 0.717) is 19.6 Å². The molecule has 0 aromatic carbocycles. The third-order valence-electron chi connectivity index (χ3n) is 4.09. The Morgan fingerprint density at radius 1 is 1.05 bits per heavy atom. The van der Waals surface area contributed by atoms with Gasteiger partial charge in [0.2, 0.25) is 0 Å². The molecule has 2 heterocycles. The second kappa shape index (κ2) is 7.70. The lowest BCUT2D eigenvalue weighted by Gasteiger charge is -2.27. The molecule has 2 aliphatic rings. The number of hydrogen-bond acceptors (Lipinski definition) is 4. The highest BCUT2D eigenvalue weighted by molar-refractivity contribution is 7.86. The zero-order valence-electron chi connectivity index (χ0n) is 12.5. The highest BCUT2D eigenvalue weighted by Crippen LogP contribution is 2.15. The van der Waals surface area contributed by atoms with E-state index < -0.39 is 10.2 Å². The Balaban J connectivity index is 1.65. The van der Waals surface area contributed by atoms with Crippen molar-refractivity contribution in [3.05, 3.63) is 0 Å².